The number of hydrogen-bond acceptors (Lipinski definition) is 4. The number of amides is 1. The molecule has 0 aromatic heterocycles. The third-order valence-corrected chi connectivity index (χ3v) is 2.99. The predicted octanol–water partition coefficient (Wildman–Crippen LogP) is 0.182. The van der Waals surface area contributed by atoms with Crippen LogP contribution >= 0.6 is 0 Å². The van der Waals surface area contributed by atoms with E-state index in [0.29, 0.717) is 6.42 Å². The number of carbonyl (C=O) groups excluding carboxylic acids is 2. The van der Waals surface area contributed by atoms with Crippen LogP contribution in [0, 0.1) is 5.92 Å². The number of hydrogen-bond donors (Lipinski definition) is 2. The largest absolute Gasteiger partial charge is 0.468 e. The van der Waals surface area contributed by atoms with Crippen LogP contribution in [0.25, 0.3) is 0 Å². The third kappa shape index (κ3) is 3.20. The molecular weight excluding hydrogens is 208 g/mol. The summed E-state index contributed by atoms with van der Waals surface area (Å²) < 4.78 is 4.53. The van der Waals surface area contributed by atoms with E-state index in [0.717, 1.165) is 12.8 Å². The summed E-state index contributed by atoms with van der Waals surface area (Å²) in [7, 11) is 1.30. The minimum absolute atomic E-state index is 0.0180. The zero-order chi connectivity index (χ0) is 12.3. The number of piperidine rings is 1. The van der Waals surface area contributed by atoms with Gasteiger partial charge < -0.3 is 15.8 Å². The molecule has 0 aromatic carbocycles. The molecule has 1 heterocycles. The maximum absolute atomic E-state index is 11.7. The minimum atomic E-state index is -0.707. The van der Waals surface area contributed by atoms with E-state index in [2.05, 4.69) is 10.1 Å². The predicted molar refractivity (Wildman–Crippen MR) is 59.6 cm³/mol. The highest BCUT2D eigenvalue weighted by molar-refractivity contribution is 5.82. The number of esters is 1. The van der Waals surface area contributed by atoms with Gasteiger partial charge in [-0.05, 0) is 33.1 Å². The second kappa shape index (κ2) is 4.82. The summed E-state index contributed by atoms with van der Waals surface area (Å²) in [5.74, 6) is -0.657. The average Bonchev–Trinajstić information content (AvgIpc) is 2.20. The summed E-state index contributed by atoms with van der Waals surface area (Å²) in [4.78, 5) is 22.9. The second-order valence-electron chi connectivity index (χ2n) is 4.97. The molecule has 0 saturated carbocycles. The first-order chi connectivity index (χ1) is 7.35. The molecule has 16 heavy (non-hydrogen) atoms. The highest BCUT2D eigenvalue weighted by atomic mass is 16.5. The summed E-state index contributed by atoms with van der Waals surface area (Å²) in [6.45, 7) is 3.97. The maximum atomic E-state index is 11.7. The molecule has 3 N–H and O–H groups in total. The topological polar surface area (TPSA) is 81.4 Å². The van der Waals surface area contributed by atoms with Crippen LogP contribution < -0.4 is 11.1 Å². The SMILES string of the molecule is COC(=O)C(N)CC1CCC(C)(C)NC1=O. The Morgan fingerprint density at radius 1 is 1.69 bits per heavy atom. The van der Waals surface area contributed by atoms with Crippen molar-refractivity contribution >= 4 is 11.9 Å². The van der Waals surface area contributed by atoms with Gasteiger partial charge in [-0.3, -0.25) is 9.59 Å². The van der Waals surface area contributed by atoms with Crippen molar-refractivity contribution in [3.05, 3.63) is 0 Å². The molecule has 1 rings (SSSR count). The van der Waals surface area contributed by atoms with Gasteiger partial charge in [-0.25, -0.2) is 0 Å². The lowest BCUT2D eigenvalue weighted by Crippen LogP contribution is -2.52. The molecule has 1 fully saturated rings. The molecule has 0 aromatic rings. The van der Waals surface area contributed by atoms with Crippen LogP contribution in [-0.2, 0) is 14.3 Å². The van der Waals surface area contributed by atoms with Crippen molar-refractivity contribution in [1.82, 2.24) is 5.32 Å². The van der Waals surface area contributed by atoms with Gasteiger partial charge in [0.25, 0.3) is 0 Å². The lowest BCUT2D eigenvalue weighted by atomic mass is 9.83. The Hall–Kier alpha value is -1.10. The Morgan fingerprint density at radius 2 is 2.31 bits per heavy atom. The van der Waals surface area contributed by atoms with Crippen LogP contribution in [0.1, 0.15) is 33.1 Å². The van der Waals surface area contributed by atoms with Gasteiger partial charge in [0.05, 0.1) is 7.11 Å². The van der Waals surface area contributed by atoms with E-state index in [1.54, 1.807) is 0 Å². The molecule has 0 bridgehead atoms. The molecule has 5 nitrogen and oxygen atoms in total. The van der Waals surface area contributed by atoms with Crippen molar-refractivity contribution in [2.75, 3.05) is 7.11 Å². The molecular formula is C11H20N2O3. The lowest BCUT2D eigenvalue weighted by Gasteiger charge is -2.35. The standard InChI is InChI=1S/C11H20N2O3/c1-11(2)5-4-7(9(14)13-11)6-8(12)10(15)16-3/h7-8H,4-6,12H2,1-3H3,(H,13,14). The number of nitrogens with two attached hydrogens (primary N) is 1. The molecule has 0 radical (unpaired) electrons. The summed E-state index contributed by atoms with van der Waals surface area (Å²) in [5, 5.41) is 2.92. The van der Waals surface area contributed by atoms with Crippen LogP contribution in [0.4, 0.5) is 0 Å². The quantitative estimate of drug-likeness (QED) is 0.675. The summed E-state index contributed by atoms with van der Waals surface area (Å²) in [6, 6.07) is -0.707. The fourth-order valence-electron chi connectivity index (χ4n) is 1.94. The first kappa shape index (κ1) is 13.0. The van der Waals surface area contributed by atoms with Gasteiger partial charge in [0, 0.05) is 11.5 Å². The van der Waals surface area contributed by atoms with Crippen LogP contribution in [0.15, 0.2) is 0 Å². The monoisotopic (exact) mass is 228 g/mol. The van der Waals surface area contributed by atoms with Gasteiger partial charge in [0.1, 0.15) is 6.04 Å². The normalized spacial score (nSPS) is 25.8. The van der Waals surface area contributed by atoms with E-state index in [9.17, 15) is 9.59 Å². The molecule has 1 saturated heterocycles. The summed E-state index contributed by atoms with van der Waals surface area (Å²) in [5.41, 5.74) is 5.48. The molecule has 1 amide bonds. The number of nitrogens with one attached hydrogen (secondary N) is 1. The highest BCUT2D eigenvalue weighted by Crippen LogP contribution is 2.25. The van der Waals surface area contributed by atoms with Crippen molar-refractivity contribution in [3.8, 4) is 0 Å². The van der Waals surface area contributed by atoms with Gasteiger partial charge in [0.2, 0.25) is 5.91 Å². The Morgan fingerprint density at radius 3 is 2.81 bits per heavy atom. The zero-order valence-corrected chi connectivity index (χ0v) is 10.1. The van der Waals surface area contributed by atoms with Crippen molar-refractivity contribution in [2.45, 2.75) is 44.7 Å². The fraction of sp³-hybridized carbons (Fsp3) is 0.818. The molecule has 2 atom stereocenters. The first-order valence-corrected chi connectivity index (χ1v) is 5.51. The van der Waals surface area contributed by atoms with Gasteiger partial charge in [-0.1, -0.05) is 0 Å². The van der Waals surface area contributed by atoms with Crippen molar-refractivity contribution < 1.29 is 14.3 Å². The molecule has 2 unspecified atom stereocenters. The second-order valence-corrected chi connectivity index (χ2v) is 4.97. The van der Waals surface area contributed by atoms with Crippen molar-refractivity contribution in [3.63, 3.8) is 0 Å². The Bertz CT molecular complexity index is 289. The molecule has 1 aliphatic heterocycles. The van der Waals surface area contributed by atoms with E-state index in [1.807, 2.05) is 13.8 Å². The highest BCUT2D eigenvalue weighted by Gasteiger charge is 2.34. The number of ether oxygens (including phenoxy) is 1. The van der Waals surface area contributed by atoms with Gasteiger partial charge in [0.15, 0.2) is 0 Å². The van der Waals surface area contributed by atoms with Crippen molar-refractivity contribution in [2.24, 2.45) is 11.7 Å². The molecule has 1 aliphatic rings. The van der Waals surface area contributed by atoms with Gasteiger partial charge in [-0.15, -0.1) is 0 Å². The number of carbonyl (C=O) groups is 2. The van der Waals surface area contributed by atoms with E-state index in [-0.39, 0.29) is 17.4 Å². The molecule has 0 aliphatic carbocycles. The first-order valence-electron chi connectivity index (χ1n) is 5.51. The summed E-state index contributed by atoms with van der Waals surface area (Å²) in [6.07, 6.45) is 2.02. The Labute approximate surface area is 95.7 Å². The van der Waals surface area contributed by atoms with E-state index < -0.39 is 12.0 Å². The smallest absolute Gasteiger partial charge is 0.322 e. The maximum Gasteiger partial charge on any atom is 0.322 e. The average molecular weight is 228 g/mol. The van der Waals surface area contributed by atoms with Gasteiger partial charge in [-0.2, -0.15) is 0 Å². The van der Waals surface area contributed by atoms with Crippen LogP contribution in [0.2, 0.25) is 0 Å². The van der Waals surface area contributed by atoms with Crippen LogP contribution in [0.3, 0.4) is 0 Å². The van der Waals surface area contributed by atoms with Gasteiger partial charge >= 0.3 is 5.97 Å². The number of rotatable bonds is 3. The summed E-state index contributed by atoms with van der Waals surface area (Å²) >= 11 is 0. The Kier molecular flexibility index (Phi) is 3.91. The lowest BCUT2D eigenvalue weighted by molar-refractivity contribution is -0.143. The zero-order valence-electron chi connectivity index (χ0n) is 10.1. The van der Waals surface area contributed by atoms with Crippen molar-refractivity contribution in [1.29, 1.82) is 0 Å². The number of methoxy groups -OCH3 is 1. The van der Waals surface area contributed by atoms with Crippen LogP contribution in [0.5, 0.6) is 0 Å². The van der Waals surface area contributed by atoms with E-state index >= 15 is 0 Å². The minimum Gasteiger partial charge on any atom is -0.468 e. The Balaban J connectivity index is 2.51. The molecule has 92 valence electrons. The molecule has 0 spiro atoms. The van der Waals surface area contributed by atoms with E-state index in [1.165, 1.54) is 7.11 Å². The van der Waals surface area contributed by atoms with Crippen LogP contribution in [-0.4, -0.2) is 30.6 Å². The third-order valence-electron chi connectivity index (χ3n) is 2.99. The fourth-order valence-corrected chi connectivity index (χ4v) is 1.94. The molecule has 5 heteroatoms. The van der Waals surface area contributed by atoms with E-state index in [4.69, 9.17) is 5.73 Å².